The third-order valence-electron chi connectivity index (χ3n) is 3.26. The molecule has 0 heterocycles. The SMILES string of the molecule is CCOCCN(CC)C(CN)c1ccc(C)cc1. The van der Waals surface area contributed by atoms with E-state index in [1.165, 1.54) is 11.1 Å². The lowest BCUT2D eigenvalue weighted by molar-refractivity contribution is 0.0980. The van der Waals surface area contributed by atoms with Crippen LogP contribution in [0.2, 0.25) is 0 Å². The van der Waals surface area contributed by atoms with Gasteiger partial charge in [0.15, 0.2) is 0 Å². The summed E-state index contributed by atoms with van der Waals surface area (Å²) in [6, 6.07) is 8.94. The zero-order valence-corrected chi connectivity index (χ0v) is 11.9. The number of nitrogens with two attached hydrogens (primary N) is 1. The van der Waals surface area contributed by atoms with E-state index in [4.69, 9.17) is 10.5 Å². The summed E-state index contributed by atoms with van der Waals surface area (Å²) in [7, 11) is 0. The summed E-state index contributed by atoms with van der Waals surface area (Å²) >= 11 is 0. The highest BCUT2D eigenvalue weighted by atomic mass is 16.5. The molecule has 0 saturated heterocycles. The van der Waals surface area contributed by atoms with E-state index in [1.807, 2.05) is 6.92 Å². The lowest BCUT2D eigenvalue weighted by Crippen LogP contribution is -2.36. The monoisotopic (exact) mass is 250 g/mol. The van der Waals surface area contributed by atoms with Crippen LogP contribution in [0, 0.1) is 6.92 Å². The van der Waals surface area contributed by atoms with Gasteiger partial charge in [-0.2, -0.15) is 0 Å². The van der Waals surface area contributed by atoms with Gasteiger partial charge in [-0.05, 0) is 26.0 Å². The molecule has 1 unspecified atom stereocenters. The summed E-state index contributed by atoms with van der Waals surface area (Å²) < 4.78 is 5.43. The van der Waals surface area contributed by atoms with Gasteiger partial charge in [-0.15, -0.1) is 0 Å². The summed E-state index contributed by atoms with van der Waals surface area (Å²) in [4.78, 5) is 2.38. The number of ether oxygens (including phenoxy) is 1. The van der Waals surface area contributed by atoms with Gasteiger partial charge in [-0.1, -0.05) is 36.8 Å². The van der Waals surface area contributed by atoms with Gasteiger partial charge in [-0.3, -0.25) is 4.90 Å². The molecule has 1 atom stereocenters. The van der Waals surface area contributed by atoms with Gasteiger partial charge in [0.1, 0.15) is 0 Å². The lowest BCUT2D eigenvalue weighted by atomic mass is 10.0. The fraction of sp³-hybridized carbons (Fsp3) is 0.600. The summed E-state index contributed by atoms with van der Waals surface area (Å²) in [5.41, 5.74) is 8.52. The molecular formula is C15H26N2O. The maximum absolute atomic E-state index is 5.94. The Bertz CT molecular complexity index is 324. The van der Waals surface area contributed by atoms with Gasteiger partial charge >= 0.3 is 0 Å². The van der Waals surface area contributed by atoms with Crippen molar-refractivity contribution >= 4 is 0 Å². The highest BCUT2D eigenvalue weighted by Crippen LogP contribution is 2.19. The number of aryl methyl sites for hydroxylation is 1. The van der Waals surface area contributed by atoms with Crippen molar-refractivity contribution in [3.63, 3.8) is 0 Å². The number of nitrogens with zero attached hydrogens (tertiary/aromatic N) is 1. The molecule has 0 aliphatic carbocycles. The van der Waals surface area contributed by atoms with E-state index in [9.17, 15) is 0 Å². The quantitative estimate of drug-likeness (QED) is 0.720. The standard InChI is InChI=1S/C15H26N2O/c1-4-17(10-11-18-5-2)15(12-16)14-8-6-13(3)7-9-14/h6-9,15H,4-5,10-12,16H2,1-3H3. The molecule has 1 aromatic carbocycles. The van der Waals surface area contributed by atoms with Crippen molar-refractivity contribution in [3.05, 3.63) is 35.4 Å². The van der Waals surface area contributed by atoms with Crippen molar-refractivity contribution < 1.29 is 4.74 Å². The first-order chi connectivity index (χ1) is 8.72. The predicted molar refractivity (Wildman–Crippen MR) is 76.7 cm³/mol. The van der Waals surface area contributed by atoms with Crippen LogP contribution in [0.25, 0.3) is 0 Å². The number of hydrogen-bond donors (Lipinski definition) is 1. The van der Waals surface area contributed by atoms with Gasteiger partial charge in [-0.25, -0.2) is 0 Å². The Morgan fingerprint density at radius 2 is 1.89 bits per heavy atom. The molecule has 2 N–H and O–H groups in total. The third-order valence-corrected chi connectivity index (χ3v) is 3.26. The van der Waals surface area contributed by atoms with Crippen molar-refractivity contribution in [1.29, 1.82) is 0 Å². The first kappa shape index (κ1) is 15.2. The number of rotatable bonds is 8. The van der Waals surface area contributed by atoms with E-state index in [0.717, 1.165) is 26.3 Å². The Balaban J connectivity index is 2.69. The zero-order chi connectivity index (χ0) is 13.4. The van der Waals surface area contributed by atoms with Gasteiger partial charge in [0.2, 0.25) is 0 Å². The second kappa shape index (κ2) is 8.25. The highest BCUT2D eigenvalue weighted by Gasteiger charge is 2.17. The first-order valence-corrected chi connectivity index (χ1v) is 6.81. The molecular weight excluding hydrogens is 224 g/mol. The topological polar surface area (TPSA) is 38.5 Å². The summed E-state index contributed by atoms with van der Waals surface area (Å²) in [5.74, 6) is 0. The molecule has 0 radical (unpaired) electrons. The van der Waals surface area contributed by atoms with Crippen LogP contribution in [0.5, 0.6) is 0 Å². The second-order valence-corrected chi connectivity index (χ2v) is 4.49. The van der Waals surface area contributed by atoms with E-state index in [1.54, 1.807) is 0 Å². The third kappa shape index (κ3) is 4.41. The molecule has 102 valence electrons. The van der Waals surface area contributed by atoms with Crippen LogP contribution in [0.1, 0.15) is 31.0 Å². The Labute approximate surface area is 111 Å². The Morgan fingerprint density at radius 3 is 2.39 bits per heavy atom. The summed E-state index contributed by atoms with van der Waals surface area (Å²) in [6.45, 7) is 10.4. The van der Waals surface area contributed by atoms with E-state index in [-0.39, 0.29) is 6.04 Å². The molecule has 0 fully saturated rings. The van der Waals surface area contributed by atoms with Crippen molar-refractivity contribution in [2.24, 2.45) is 5.73 Å². The van der Waals surface area contributed by atoms with Crippen molar-refractivity contribution in [2.45, 2.75) is 26.8 Å². The molecule has 3 nitrogen and oxygen atoms in total. The van der Waals surface area contributed by atoms with Crippen LogP contribution < -0.4 is 5.73 Å². The molecule has 18 heavy (non-hydrogen) atoms. The smallest absolute Gasteiger partial charge is 0.0593 e. The van der Waals surface area contributed by atoms with Crippen LogP contribution in [0.3, 0.4) is 0 Å². The van der Waals surface area contributed by atoms with E-state index < -0.39 is 0 Å². The largest absolute Gasteiger partial charge is 0.380 e. The summed E-state index contributed by atoms with van der Waals surface area (Å²) in [5, 5.41) is 0. The number of benzene rings is 1. The number of likely N-dealkylation sites (N-methyl/N-ethyl adjacent to an activating group) is 1. The van der Waals surface area contributed by atoms with Crippen LogP contribution in [0.4, 0.5) is 0 Å². The minimum absolute atomic E-state index is 0.288. The molecule has 0 bridgehead atoms. The van der Waals surface area contributed by atoms with Crippen molar-refractivity contribution in [1.82, 2.24) is 4.90 Å². The van der Waals surface area contributed by atoms with Crippen LogP contribution in [0.15, 0.2) is 24.3 Å². The highest BCUT2D eigenvalue weighted by molar-refractivity contribution is 5.24. The Hall–Kier alpha value is -0.900. The number of hydrogen-bond acceptors (Lipinski definition) is 3. The Kier molecular flexibility index (Phi) is 6.94. The van der Waals surface area contributed by atoms with E-state index >= 15 is 0 Å². The molecule has 3 heteroatoms. The Morgan fingerprint density at radius 1 is 1.22 bits per heavy atom. The minimum atomic E-state index is 0.288. The zero-order valence-electron chi connectivity index (χ0n) is 11.9. The molecule has 1 rings (SSSR count). The normalized spacial score (nSPS) is 12.9. The van der Waals surface area contributed by atoms with E-state index in [0.29, 0.717) is 6.54 Å². The van der Waals surface area contributed by atoms with Gasteiger partial charge in [0, 0.05) is 25.7 Å². The van der Waals surface area contributed by atoms with E-state index in [2.05, 4.69) is 43.0 Å². The molecule has 0 aliphatic rings. The minimum Gasteiger partial charge on any atom is -0.380 e. The predicted octanol–water partition coefficient (Wildman–Crippen LogP) is 2.35. The summed E-state index contributed by atoms with van der Waals surface area (Å²) in [6.07, 6.45) is 0. The fourth-order valence-electron chi connectivity index (χ4n) is 2.15. The molecule has 1 aromatic rings. The van der Waals surface area contributed by atoms with Crippen LogP contribution in [-0.4, -0.2) is 37.7 Å². The second-order valence-electron chi connectivity index (χ2n) is 4.49. The van der Waals surface area contributed by atoms with Crippen LogP contribution in [-0.2, 0) is 4.74 Å². The lowest BCUT2D eigenvalue weighted by Gasteiger charge is -2.30. The van der Waals surface area contributed by atoms with Crippen LogP contribution >= 0.6 is 0 Å². The average Bonchev–Trinajstić information content (AvgIpc) is 2.40. The molecule has 0 saturated carbocycles. The van der Waals surface area contributed by atoms with Gasteiger partial charge < -0.3 is 10.5 Å². The van der Waals surface area contributed by atoms with Gasteiger partial charge in [0.05, 0.1) is 6.61 Å². The first-order valence-electron chi connectivity index (χ1n) is 6.81. The maximum Gasteiger partial charge on any atom is 0.0593 e. The molecule has 0 aliphatic heterocycles. The molecule has 0 aromatic heterocycles. The maximum atomic E-state index is 5.94. The average molecular weight is 250 g/mol. The fourth-order valence-corrected chi connectivity index (χ4v) is 2.15. The van der Waals surface area contributed by atoms with Crippen molar-refractivity contribution in [2.75, 3.05) is 32.8 Å². The van der Waals surface area contributed by atoms with Crippen molar-refractivity contribution in [3.8, 4) is 0 Å². The molecule has 0 spiro atoms. The molecule has 0 amide bonds. The van der Waals surface area contributed by atoms with Gasteiger partial charge in [0.25, 0.3) is 0 Å².